The molecular weight excluding hydrogens is 286 g/mol. The van der Waals surface area contributed by atoms with Crippen molar-refractivity contribution in [1.82, 2.24) is 4.90 Å². The molecule has 0 aliphatic carbocycles. The van der Waals surface area contributed by atoms with Gasteiger partial charge in [-0.1, -0.05) is 12.1 Å². The Hall–Kier alpha value is -2.34. The minimum absolute atomic E-state index is 0.0392. The first-order valence-electron chi connectivity index (χ1n) is 7.09. The Kier molecular flexibility index (Phi) is 4.82. The third-order valence-corrected chi connectivity index (χ3v) is 3.53. The van der Waals surface area contributed by atoms with Gasteiger partial charge >= 0.3 is 0 Å². The van der Waals surface area contributed by atoms with Crippen LogP contribution in [-0.2, 0) is 9.59 Å². The summed E-state index contributed by atoms with van der Waals surface area (Å²) in [5, 5.41) is 19.1. The van der Waals surface area contributed by atoms with Gasteiger partial charge in [0.1, 0.15) is 5.75 Å². The third-order valence-electron chi connectivity index (χ3n) is 3.53. The second kappa shape index (κ2) is 6.62. The highest BCUT2D eigenvalue weighted by Crippen LogP contribution is 2.37. The molecular formula is C16H19NO5. The van der Waals surface area contributed by atoms with E-state index in [1.165, 1.54) is 11.8 Å². The average Bonchev–Trinajstić information content (AvgIpc) is 2.74. The Morgan fingerprint density at radius 2 is 1.95 bits per heavy atom. The summed E-state index contributed by atoms with van der Waals surface area (Å²) in [4.78, 5) is 25.2. The molecule has 0 saturated carbocycles. The monoisotopic (exact) mass is 305 g/mol. The molecule has 2 rings (SSSR count). The highest BCUT2D eigenvalue weighted by Gasteiger charge is 2.41. The van der Waals surface area contributed by atoms with Crippen LogP contribution in [0, 0.1) is 0 Å². The van der Waals surface area contributed by atoms with Crippen molar-refractivity contribution in [3.05, 3.63) is 41.2 Å². The van der Waals surface area contributed by atoms with Crippen molar-refractivity contribution < 1.29 is 24.5 Å². The first kappa shape index (κ1) is 16.0. The Morgan fingerprint density at radius 1 is 1.32 bits per heavy atom. The van der Waals surface area contributed by atoms with Crippen LogP contribution < -0.4 is 4.74 Å². The van der Waals surface area contributed by atoms with Gasteiger partial charge in [-0.2, -0.15) is 0 Å². The number of ketones is 1. The van der Waals surface area contributed by atoms with Crippen LogP contribution in [0.15, 0.2) is 35.6 Å². The minimum Gasteiger partial charge on any atom is -0.503 e. The van der Waals surface area contributed by atoms with E-state index in [-0.39, 0.29) is 24.5 Å². The van der Waals surface area contributed by atoms with Crippen LogP contribution in [0.5, 0.6) is 5.75 Å². The number of nitrogens with zero attached hydrogens (tertiary/aromatic N) is 1. The highest BCUT2D eigenvalue weighted by molar-refractivity contribution is 6.08. The van der Waals surface area contributed by atoms with E-state index in [4.69, 9.17) is 9.84 Å². The molecule has 118 valence electrons. The molecule has 0 fully saturated rings. The van der Waals surface area contributed by atoms with E-state index < -0.39 is 17.7 Å². The summed E-state index contributed by atoms with van der Waals surface area (Å²) in [6.45, 7) is 3.51. The molecule has 1 aliphatic heterocycles. The zero-order chi connectivity index (χ0) is 16.3. The van der Waals surface area contributed by atoms with Gasteiger partial charge in [0.2, 0.25) is 0 Å². The summed E-state index contributed by atoms with van der Waals surface area (Å²) < 4.78 is 5.37. The Bertz CT molecular complexity index is 605. The zero-order valence-electron chi connectivity index (χ0n) is 12.6. The quantitative estimate of drug-likeness (QED) is 0.828. The first-order chi connectivity index (χ1) is 10.5. The molecule has 1 atom stereocenters. The van der Waals surface area contributed by atoms with Crippen molar-refractivity contribution in [1.29, 1.82) is 0 Å². The molecule has 0 bridgehead atoms. The normalized spacial score (nSPS) is 18.0. The molecule has 1 aliphatic rings. The van der Waals surface area contributed by atoms with Crippen LogP contribution in [0.3, 0.4) is 0 Å². The van der Waals surface area contributed by atoms with Crippen LogP contribution in [0.1, 0.15) is 25.5 Å². The summed E-state index contributed by atoms with van der Waals surface area (Å²) in [6.07, 6.45) is 0. The average molecular weight is 305 g/mol. The fraction of sp³-hybridized carbons (Fsp3) is 0.375. The SMILES string of the molecule is CCOc1ccc([C@@H]2C(C(C)=O)=C(O)C(=O)N2CCO)cc1. The highest BCUT2D eigenvalue weighted by atomic mass is 16.5. The number of carbonyl (C=O) groups excluding carboxylic acids is 2. The Balaban J connectivity index is 2.42. The van der Waals surface area contributed by atoms with Crippen molar-refractivity contribution in [2.45, 2.75) is 19.9 Å². The van der Waals surface area contributed by atoms with Gasteiger partial charge in [0.15, 0.2) is 11.5 Å². The summed E-state index contributed by atoms with van der Waals surface area (Å²) in [7, 11) is 0. The van der Waals surface area contributed by atoms with E-state index in [9.17, 15) is 14.7 Å². The van der Waals surface area contributed by atoms with Crippen LogP contribution >= 0.6 is 0 Å². The van der Waals surface area contributed by atoms with Crippen molar-refractivity contribution in [2.24, 2.45) is 0 Å². The lowest BCUT2D eigenvalue weighted by molar-refractivity contribution is -0.129. The number of benzene rings is 1. The largest absolute Gasteiger partial charge is 0.503 e. The fourth-order valence-corrected chi connectivity index (χ4v) is 2.61. The predicted molar refractivity (Wildman–Crippen MR) is 79.5 cm³/mol. The fourth-order valence-electron chi connectivity index (χ4n) is 2.61. The van der Waals surface area contributed by atoms with E-state index in [1.807, 2.05) is 6.92 Å². The van der Waals surface area contributed by atoms with Gasteiger partial charge in [-0.05, 0) is 31.5 Å². The number of ether oxygens (including phenoxy) is 1. The summed E-state index contributed by atoms with van der Waals surface area (Å²) in [5.74, 6) is -0.870. The van der Waals surface area contributed by atoms with E-state index in [0.717, 1.165) is 0 Å². The number of hydrogen-bond donors (Lipinski definition) is 2. The molecule has 0 unspecified atom stereocenters. The summed E-state index contributed by atoms with van der Waals surface area (Å²) >= 11 is 0. The van der Waals surface area contributed by atoms with Gasteiger partial charge in [0.05, 0.1) is 24.8 Å². The minimum atomic E-state index is -0.687. The number of carbonyl (C=O) groups is 2. The molecule has 1 aromatic carbocycles. The van der Waals surface area contributed by atoms with Crippen LogP contribution in [0.25, 0.3) is 0 Å². The molecule has 22 heavy (non-hydrogen) atoms. The van der Waals surface area contributed by atoms with Crippen molar-refractivity contribution >= 4 is 11.7 Å². The number of hydrogen-bond acceptors (Lipinski definition) is 5. The zero-order valence-corrected chi connectivity index (χ0v) is 12.6. The van der Waals surface area contributed by atoms with Crippen LogP contribution in [0.2, 0.25) is 0 Å². The number of aliphatic hydroxyl groups excluding tert-OH is 2. The maximum atomic E-state index is 12.1. The summed E-state index contributed by atoms with van der Waals surface area (Å²) in [6, 6.07) is 6.29. The lowest BCUT2D eigenvalue weighted by Gasteiger charge is -2.25. The van der Waals surface area contributed by atoms with E-state index in [2.05, 4.69) is 0 Å². The lowest BCUT2D eigenvalue weighted by atomic mass is 9.97. The molecule has 0 spiro atoms. The van der Waals surface area contributed by atoms with Crippen LogP contribution in [0.4, 0.5) is 0 Å². The third kappa shape index (κ3) is 2.82. The second-order valence-electron chi connectivity index (χ2n) is 4.95. The van der Waals surface area contributed by atoms with Crippen LogP contribution in [-0.4, -0.2) is 46.6 Å². The summed E-state index contributed by atoms with van der Waals surface area (Å²) in [5.41, 5.74) is 0.738. The van der Waals surface area contributed by atoms with Gasteiger partial charge in [-0.3, -0.25) is 9.59 Å². The van der Waals surface area contributed by atoms with Gasteiger partial charge in [0.25, 0.3) is 5.91 Å². The number of rotatable bonds is 6. The van der Waals surface area contributed by atoms with Gasteiger partial charge in [0, 0.05) is 6.54 Å². The number of β-amino-alcohol motifs (C(OH)–C–C–N with tert-alkyl or cyclic N) is 1. The van der Waals surface area contributed by atoms with E-state index >= 15 is 0 Å². The Labute approximate surface area is 128 Å². The number of aliphatic hydroxyl groups is 2. The van der Waals surface area contributed by atoms with Gasteiger partial charge in [-0.15, -0.1) is 0 Å². The smallest absolute Gasteiger partial charge is 0.290 e. The van der Waals surface area contributed by atoms with E-state index in [0.29, 0.717) is 17.9 Å². The Morgan fingerprint density at radius 3 is 2.45 bits per heavy atom. The molecule has 0 aromatic heterocycles. The molecule has 1 aromatic rings. The molecule has 6 heteroatoms. The molecule has 1 amide bonds. The standard InChI is InChI=1S/C16H19NO5/c1-3-22-12-6-4-11(5-7-12)14-13(10(2)19)15(20)16(21)17(14)8-9-18/h4-7,14,18,20H,3,8-9H2,1-2H3/t14-/m1/s1. The topological polar surface area (TPSA) is 87.1 Å². The van der Waals surface area contributed by atoms with E-state index in [1.54, 1.807) is 24.3 Å². The molecule has 1 heterocycles. The maximum absolute atomic E-state index is 12.1. The first-order valence-corrected chi connectivity index (χ1v) is 7.09. The number of amides is 1. The van der Waals surface area contributed by atoms with Crippen molar-refractivity contribution in [2.75, 3.05) is 19.8 Å². The van der Waals surface area contributed by atoms with Gasteiger partial charge < -0.3 is 19.8 Å². The second-order valence-corrected chi connectivity index (χ2v) is 4.95. The molecule has 6 nitrogen and oxygen atoms in total. The van der Waals surface area contributed by atoms with Crippen molar-refractivity contribution in [3.8, 4) is 5.75 Å². The molecule has 2 N–H and O–H groups in total. The molecule has 0 saturated heterocycles. The molecule has 0 radical (unpaired) electrons. The predicted octanol–water partition coefficient (Wildman–Crippen LogP) is 1.36. The van der Waals surface area contributed by atoms with Crippen molar-refractivity contribution in [3.63, 3.8) is 0 Å². The number of Topliss-reactive ketones (excluding diaryl/α,β-unsaturated/α-hetero) is 1. The lowest BCUT2D eigenvalue weighted by Crippen LogP contribution is -2.33. The maximum Gasteiger partial charge on any atom is 0.290 e. The van der Waals surface area contributed by atoms with Gasteiger partial charge in [-0.25, -0.2) is 0 Å².